The molecular weight excluding hydrogens is 298 g/mol. The van der Waals surface area contributed by atoms with Crippen LogP contribution in [0.4, 0.5) is 0 Å². The molecule has 2 aromatic rings. The molecule has 0 aliphatic heterocycles. The average molecular weight is 309 g/mol. The van der Waals surface area contributed by atoms with E-state index in [2.05, 4.69) is 0 Å². The fourth-order valence-corrected chi connectivity index (χ4v) is 3.01. The fourth-order valence-electron chi connectivity index (χ4n) is 1.56. The maximum atomic E-state index is 11.1. The number of aromatic carboxylic acids is 1. The zero-order valence-electron chi connectivity index (χ0n) is 10.2. The van der Waals surface area contributed by atoms with Crippen LogP contribution in [-0.2, 0) is 10.0 Å². The molecule has 0 amide bonds. The third kappa shape index (κ3) is 3.38. The second kappa shape index (κ2) is 5.66. The van der Waals surface area contributed by atoms with Crippen LogP contribution >= 0.6 is 11.8 Å². The molecule has 0 unspecified atom stereocenters. The van der Waals surface area contributed by atoms with Crippen LogP contribution in [0.2, 0.25) is 0 Å². The predicted octanol–water partition coefficient (Wildman–Crippen LogP) is 2.18. The van der Waals surface area contributed by atoms with E-state index in [1.807, 2.05) is 0 Å². The summed E-state index contributed by atoms with van der Waals surface area (Å²) in [5, 5.41) is 14.1. The maximum Gasteiger partial charge on any atom is 0.336 e. The van der Waals surface area contributed by atoms with Gasteiger partial charge in [0.15, 0.2) is 0 Å². The lowest BCUT2D eigenvalue weighted by Crippen LogP contribution is -2.11. The van der Waals surface area contributed by atoms with E-state index in [0.29, 0.717) is 4.90 Å². The van der Waals surface area contributed by atoms with Gasteiger partial charge in [-0.1, -0.05) is 23.9 Å². The molecule has 0 heterocycles. The van der Waals surface area contributed by atoms with E-state index >= 15 is 0 Å². The molecule has 0 spiro atoms. The lowest BCUT2D eigenvalue weighted by atomic mass is 10.2. The predicted molar refractivity (Wildman–Crippen MR) is 75.3 cm³/mol. The minimum atomic E-state index is -3.72. The Hall–Kier alpha value is -1.83. The van der Waals surface area contributed by atoms with E-state index in [4.69, 9.17) is 10.2 Å². The summed E-state index contributed by atoms with van der Waals surface area (Å²) in [6, 6.07) is 12.6. The highest BCUT2D eigenvalue weighted by Gasteiger charge is 2.11. The summed E-state index contributed by atoms with van der Waals surface area (Å²) in [6.07, 6.45) is 0. The van der Waals surface area contributed by atoms with Crippen LogP contribution in [0.3, 0.4) is 0 Å². The number of carboxylic acid groups (broad SMARTS) is 1. The summed E-state index contributed by atoms with van der Waals surface area (Å²) < 4.78 is 22.3. The van der Waals surface area contributed by atoms with Crippen LogP contribution in [0.5, 0.6) is 0 Å². The monoisotopic (exact) mass is 309 g/mol. The van der Waals surface area contributed by atoms with Crippen molar-refractivity contribution in [2.45, 2.75) is 14.7 Å². The Kier molecular flexibility index (Phi) is 4.12. The van der Waals surface area contributed by atoms with Gasteiger partial charge in [-0.05, 0) is 36.4 Å². The minimum Gasteiger partial charge on any atom is -0.478 e. The number of hydrogen-bond acceptors (Lipinski definition) is 4. The van der Waals surface area contributed by atoms with Crippen molar-refractivity contribution in [1.82, 2.24) is 0 Å². The quantitative estimate of drug-likeness (QED) is 0.902. The number of carboxylic acids is 1. The Balaban J connectivity index is 2.30. The van der Waals surface area contributed by atoms with Gasteiger partial charge in [0.1, 0.15) is 0 Å². The molecule has 0 bridgehead atoms. The molecular formula is C13H11NO4S2. The van der Waals surface area contributed by atoms with Crippen molar-refractivity contribution in [3.63, 3.8) is 0 Å². The average Bonchev–Trinajstić information content (AvgIpc) is 2.38. The smallest absolute Gasteiger partial charge is 0.336 e. The van der Waals surface area contributed by atoms with E-state index in [9.17, 15) is 13.2 Å². The molecule has 0 aromatic heterocycles. The molecule has 0 fully saturated rings. The first-order chi connectivity index (χ1) is 9.38. The van der Waals surface area contributed by atoms with E-state index in [-0.39, 0.29) is 10.5 Å². The SMILES string of the molecule is NS(=O)(=O)c1ccc(Sc2ccccc2C(=O)O)cc1. The van der Waals surface area contributed by atoms with Crippen LogP contribution in [0.25, 0.3) is 0 Å². The van der Waals surface area contributed by atoms with Crippen molar-refractivity contribution >= 4 is 27.8 Å². The molecule has 104 valence electrons. The molecule has 0 aliphatic carbocycles. The highest BCUT2D eigenvalue weighted by Crippen LogP contribution is 2.30. The van der Waals surface area contributed by atoms with Crippen LogP contribution in [0.15, 0.2) is 63.2 Å². The van der Waals surface area contributed by atoms with Gasteiger partial charge in [0, 0.05) is 9.79 Å². The second-order valence-corrected chi connectivity index (χ2v) is 6.60. The van der Waals surface area contributed by atoms with E-state index in [0.717, 1.165) is 4.90 Å². The number of nitrogens with two attached hydrogens (primary N) is 1. The lowest BCUT2D eigenvalue weighted by Gasteiger charge is -2.06. The third-order valence-corrected chi connectivity index (χ3v) is 4.51. The number of primary sulfonamides is 1. The summed E-state index contributed by atoms with van der Waals surface area (Å²) in [5.41, 5.74) is 0.202. The molecule has 7 heteroatoms. The van der Waals surface area contributed by atoms with Gasteiger partial charge in [-0.3, -0.25) is 0 Å². The molecule has 0 saturated heterocycles. The van der Waals surface area contributed by atoms with Gasteiger partial charge in [-0.15, -0.1) is 0 Å². The topological polar surface area (TPSA) is 97.5 Å². The van der Waals surface area contributed by atoms with Crippen molar-refractivity contribution in [3.05, 3.63) is 54.1 Å². The largest absolute Gasteiger partial charge is 0.478 e. The van der Waals surface area contributed by atoms with Gasteiger partial charge in [-0.2, -0.15) is 0 Å². The van der Waals surface area contributed by atoms with Crippen molar-refractivity contribution in [2.75, 3.05) is 0 Å². The van der Waals surface area contributed by atoms with Crippen LogP contribution in [0, 0.1) is 0 Å². The molecule has 20 heavy (non-hydrogen) atoms. The fraction of sp³-hybridized carbons (Fsp3) is 0. The number of benzene rings is 2. The molecule has 5 nitrogen and oxygen atoms in total. The van der Waals surface area contributed by atoms with E-state index in [1.54, 1.807) is 30.3 Å². The zero-order chi connectivity index (χ0) is 14.8. The molecule has 2 rings (SSSR count). The van der Waals surface area contributed by atoms with E-state index in [1.165, 1.54) is 30.0 Å². The summed E-state index contributed by atoms with van der Waals surface area (Å²) in [6.45, 7) is 0. The molecule has 0 radical (unpaired) electrons. The second-order valence-electron chi connectivity index (χ2n) is 3.92. The van der Waals surface area contributed by atoms with Crippen molar-refractivity contribution in [3.8, 4) is 0 Å². The first-order valence-corrected chi connectivity index (χ1v) is 7.87. The van der Waals surface area contributed by atoms with Gasteiger partial charge in [0.25, 0.3) is 0 Å². The molecule has 2 aromatic carbocycles. The standard InChI is InChI=1S/C13H11NO4S2/c14-20(17,18)10-7-5-9(6-8-10)19-12-4-2-1-3-11(12)13(15)16/h1-8H,(H,15,16)(H2,14,17,18). The Labute approximate surface area is 120 Å². The van der Waals surface area contributed by atoms with Crippen LogP contribution < -0.4 is 5.14 Å². The summed E-state index contributed by atoms with van der Waals surface area (Å²) in [5.74, 6) is -1.01. The van der Waals surface area contributed by atoms with Gasteiger partial charge in [0.2, 0.25) is 10.0 Å². The number of hydrogen-bond donors (Lipinski definition) is 2. The van der Waals surface area contributed by atoms with Crippen molar-refractivity contribution in [2.24, 2.45) is 5.14 Å². The van der Waals surface area contributed by atoms with Gasteiger partial charge in [0.05, 0.1) is 10.5 Å². The van der Waals surface area contributed by atoms with Crippen molar-refractivity contribution in [1.29, 1.82) is 0 Å². The number of carbonyl (C=O) groups is 1. The van der Waals surface area contributed by atoms with Gasteiger partial charge >= 0.3 is 5.97 Å². The molecule has 3 N–H and O–H groups in total. The number of sulfonamides is 1. The molecule has 0 atom stereocenters. The highest BCUT2D eigenvalue weighted by molar-refractivity contribution is 7.99. The highest BCUT2D eigenvalue weighted by atomic mass is 32.2. The Morgan fingerprint density at radius 1 is 1.05 bits per heavy atom. The van der Waals surface area contributed by atoms with Gasteiger partial charge < -0.3 is 5.11 Å². The molecule has 0 saturated carbocycles. The maximum absolute atomic E-state index is 11.1. The molecule has 0 aliphatic rings. The Morgan fingerprint density at radius 3 is 2.20 bits per heavy atom. The Morgan fingerprint density at radius 2 is 1.65 bits per heavy atom. The van der Waals surface area contributed by atoms with Crippen molar-refractivity contribution < 1.29 is 18.3 Å². The van der Waals surface area contributed by atoms with E-state index < -0.39 is 16.0 Å². The lowest BCUT2D eigenvalue weighted by molar-refractivity contribution is 0.0693. The number of rotatable bonds is 4. The minimum absolute atomic E-state index is 0.0216. The summed E-state index contributed by atoms with van der Waals surface area (Å²) in [4.78, 5) is 12.4. The first-order valence-electron chi connectivity index (χ1n) is 5.51. The van der Waals surface area contributed by atoms with Crippen LogP contribution in [0.1, 0.15) is 10.4 Å². The zero-order valence-corrected chi connectivity index (χ0v) is 11.8. The first kappa shape index (κ1) is 14.6. The summed E-state index contributed by atoms with van der Waals surface area (Å²) >= 11 is 1.25. The summed E-state index contributed by atoms with van der Waals surface area (Å²) in [7, 11) is -3.72. The normalized spacial score (nSPS) is 11.2. The van der Waals surface area contributed by atoms with Gasteiger partial charge in [-0.25, -0.2) is 18.4 Å². The Bertz CT molecular complexity index is 739. The van der Waals surface area contributed by atoms with Crippen LogP contribution in [-0.4, -0.2) is 19.5 Å². The third-order valence-electron chi connectivity index (χ3n) is 2.50.